The molecule has 0 aliphatic carbocycles. The van der Waals surface area contributed by atoms with Crippen LogP contribution in [0.1, 0.15) is 15.9 Å². The van der Waals surface area contributed by atoms with Crippen LogP contribution in [0.5, 0.6) is 5.75 Å². The predicted octanol–water partition coefficient (Wildman–Crippen LogP) is 4.42. The second-order valence-electron chi connectivity index (χ2n) is 8.00. The molecule has 1 amide bonds. The number of carbonyl (C=O) groups excluding carboxylic acids is 1. The van der Waals surface area contributed by atoms with Gasteiger partial charge in [0.2, 0.25) is 10.0 Å². The molecule has 0 unspecified atom stereocenters. The molecule has 0 atom stereocenters. The van der Waals surface area contributed by atoms with Gasteiger partial charge < -0.3 is 15.0 Å². The number of benzene rings is 3. The number of rotatable bonds is 6. The van der Waals surface area contributed by atoms with E-state index in [-0.39, 0.29) is 10.8 Å². The molecule has 0 bridgehead atoms. The maximum absolute atomic E-state index is 13.4. The van der Waals surface area contributed by atoms with E-state index in [0.717, 1.165) is 11.3 Å². The van der Waals surface area contributed by atoms with Crippen LogP contribution in [0.25, 0.3) is 0 Å². The Hall–Kier alpha value is -3.07. The van der Waals surface area contributed by atoms with E-state index in [2.05, 4.69) is 10.2 Å². The number of methoxy groups -OCH3 is 1. The third kappa shape index (κ3) is 5.04. The number of carbonyl (C=O) groups is 1. The Labute approximate surface area is 205 Å². The normalized spacial score (nSPS) is 14.6. The number of hydrogen-bond acceptors (Lipinski definition) is 5. The lowest BCUT2D eigenvalue weighted by molar-refractivity contribution is 0.102. The Kier molecular flexibility index (Phi) is 7.11. The number of ether oxygens (including phenoxy) is 1. The Morgan fingerprint density at radius 3 is 2.38 bits per heavy atom. The highest BCUT2D eigenvalue weighted by Crippen LogP contribution is 2.30. The lowest BCUT2D eigenvalue weighted by Crippen LogP contribution is -2.48. The smallest absolute Gasteiger partial charge is 0.256 e. The van der Waals surface area contributed by atoms with E-state index in [1.807, 2.05) is 43.3 Å². The summed E-state index contributed by atoms with van der Waals surface area (Å²) in [6, 6.07) is 19.2. The summed E-state index contributed by atoms with van der Waals surface area (Å²) in [5, 5.41) is 3.44. The van der Waals surface area contributed by atoms with E-state index in [1.54, 1.807) is 18.2 Å². The molecule has 178 valence electrons. The zero-order valence-electron chi connectivity index (χ0n) is 19.0. The monoisotopic (exact) mass is 499 g/mol. The number of anilines is 2. The molecule has 1 aliphatic rings. The van der Waals surface area contributed by atoms with E-state index in [1.165, 1.54) is 23.5 Å². The molecule has 1 aliphatic heterocycles. The van der Waals surface area contributed by atoms with Crippen LogP contribution in [0.2, 0.25) is 5.02 Å². The first-order valence-electron chi connectivity index (χ1n) is 10.9. The minimum atomic E-state index is -3.76. The molecule has 4 rings (SSSR count). The molecule has 0 spiro atoms. The topological polar surface area (TPSA) is 79.0 Å². The molecule has 1 heterocycles. The summed E-state index contributed by atoms with van der Waals surface area (Å²) in [5.41, 5.74) is 2.60. The van der Waals surface area contributed by atoms with E-state index in [9.17, 15) is 13.2 Å². The Morgan fingerprint density at radius 1 is 0.971 bits per heavy atom. The number of piperazine rings is 1. The van der Waals surface area contributed by atoms with E-state index < -0.39 is 10.0 Å². The van der Waals surface area contributed by atoms with Crippen LogP contribution in [0.3, 0.4) is 0 Å². The summed E-state index contributed by atoms with van der Waals surface area (Å²) in [5.74, 6) is 0.0488. The molecule has 9 heteroatoms. The van der Waals surface area contributed by atoms with E-state index >= 15 is 0 Å². The highest BCUT2D eigenvalue weighted by Gasteiger charge is 2.29. The Bertz CT molecular complexity index is 1310. The quantitative estimate of drug-likeness (QED) is 0.543. The third-order valence-electron chi connectivity index (χ3n) is 5.86. The van der Waals surface area contributed by atoms with E-state index in [0.29, 0.717) is 48.2 Å². The van der Waals surface area contributed by atoms with Gasteiger partial charge in [0, 0.05) is 42.5 Å². The molecule has 34 heavy (non-hydrogen) atoms. The molecule has 0 aromatic heterocycles. The van der Waals surface area contributed by atoms with Gasteiger partial charge in [-0.05, 0) is 55.0 Å². The highest BCUT2D eigenvalue weighted by molar-refractivity contribution is 7.89. The van der Waals surface area contributed by atoms with Gasteiger partial charge >= 0.3 is 0 Å². The summed E-state index contributed by atoms with van der Waals surface area (Å²) in [7, 11) is -2.28. The molecule has 3 aromatic carbocycles. The second-order valence-corrected chi connectivity index (χ2v) is 10.4. The zero-order valence-corrected chi connectivity index (χ0v) is 20.6. The molecule has 7 nitrogen and oxygen atoms in total. The number of sulfonamides is 1. The van der Waals surface area contributed by atoms with Crippen LogP contribution in [0.15, 0.2) is 71.6 Å². The van der Waals surface area contributed by atoms with Crippen LogP contribution < -0.4 is 15.0 Å². The van der Waals surface area contributed by atoms with Crippen LogP contribution in [0, 0.1) is 6.92 Å². The summed E-state index contributed by atoms with van der Waals surface area (Å²) >= 11 is 6.10. The lowest BCUT2D eigenvalue weighted by atomic mass is 10.1. The summed E-state index contributed by atoms with van der Waals surface area (Å²) in [6.45, 7) is 3.62. The standard InChI is InChI=1S/C25H26ClN3O4S/c1-18-6-3-4-9-22(18)25(30)27-23-17-21(10-11-24(23)33-2)34(31,32)29-14-12-28(13-15-29)20-8-5-7-19(26)16-20/h3-11,16-17H,12-15H2,1-2H3,(H,27,30). The number of halogens is 1. The molecular weight excluding hydrogens is 474 g/mol. The van der Waals surface area contributed by atoms with Crippen molar-refractivity contribution in [3.8, 4) is 5.75 Å². The van der Waals surface area contributed by atoms with Crippen LogP contribution in [0.4, 0.5) is 11.4 Å². The molecular formula is C25H26ClN3O4S. The molecule has 1 saturated heterocycles. The largest absolute Gasteiger partial charge is 0.495 e. The van der Waals surface area contributed by atoms with Crippen molar-refractivity contribution >= 4 is 38.9 Å². The Balaban J connectivity index is 1.53. The average molecular weight is 500 g/mol. The van der Waals surface area contributed by atoms with Crippen molar-refractivity contribution in [1.29, 1.82) is 0 Å². The summed E-state index contributed by atoms with van der Waals surface area (Å²) in [4.78, 5) is 15.0. The van der Waals surface area contributed by atoms with Crippen LogP contribution in [-0.2, 0) is 10.0 Å². The number of nitrogens with zero attached hydrogens (tertiary/aromatic N) is 2. The fraction of sp³-hybridized carbons (Fsp3) is 0.240. The van der Waals surface area contributed by atoms with Gasteiger partial charge in [0.1, 0.15) is 5.75 Å². The van der Waals surface area contributed by atoms with Gasteiger partial charge in [-0.15, -0.1) is 0 Å². The molecule has 0 radical (unpaired) electrons. The molecule has 0 saturated carbocycles. The maximum atomic E-state index is 13.4. The van der Waals surface area contributed by atoms with Gasteiger partial charge in [-0.2, -0.15) is 4.31 Å². The first-order valence-corrected chi connectivity index (χ1v) is 12.7. The summed E-state index contributed by atoms with van der Waals surface area (Å²) in [6.07, 6.45) is 0. The van der Waals surface area contributed by atoms with Gasteiger partial charge in [-0.3, -0.25) is 4.79 Å². The average Bonchev–Trinajstić information content (AvgIpc) is 2.84. The SMILES string of the molecule is COc1ccc(S(=O)(=O)N2CCN(c3cccc(Cl)c3)CC2)cc1NC(=O)c1ccccc1C. The van der Waals surface area contributed by atoms with Crippen molar-refractivity contribution in [3.05, 3.63) is 82.9 Å². The first kappa shape index (κ1) is 24.1. The lowest BCUT2D eigenvalue weighted by Gasteiger charge is -2.35. The summed E-state index contributed by atoms with van der Waals surface area (Å²) < 4.78 is 33.6. The highest BCUT2D eigenvalue weighted by atomic mass is 35.5. The molecule has 3 aromatic rings. The van der Waals surface area contributed by atoms with Gasteiger partial charge in [-0.1, -0.05) is 35.9 Å². The second kappa shape index (κ2) is 10.0. The minimum absolute atomic E-state index is 0.101. The number of amides is 1. The number of hydrogen-bond donors (Lipinski definition) is 1. The molecule has 1 fully saturated rings. The fourth-order valence-corrected chi connectivity index (χ4v) is 5.60. The predicted molar refractivity (Wildman–Crippen MR) is 135 cm³/mol. The number of aryl methyl sites for hydroxylation is 1. The van der Waals surface area contributed by atoms with Crippen molar-refractivity contribution in [2.75, 3.05) is 43.5 Å². The first-order chi connectivity index (χ1) is 16.3. The maximum Gasteiger partial charge on any atom is 0.256 e. The van der Waals surface area contributed by atoms with E-state index in [4.69, 9.17) is 16.3 Å². The number of nitrogens with one attached hydrogen (secondary N) is 1. The van der Waals surface area contributed by atoms with Crippen molar-refractivity contribution in [1.82, 2.24) is 4.31 Å². The minimum Gasteiger partial charge on any atom is -0.495 e. The zero-order chi connectivity index (χ0) is 24.3. The van der Waals surface area contributed by atoms with Crippen molar-refractivity contribution in [3.63, 3.8) is 0 Å². The van der Waals surface area contributed by atoms with Gasteiger partial charge in [0.25, 0.3) is 5.91 Å². The fourth-order valence-electron chi connectivity index (χ4n) is 3.97. The van der Waals surface area contributed by atoms with Crippen LogP contribution >= 0.6 is 11.6 Å². The van der Waals surface area contributed by atoms with Gasteiger partial charge in [-0.25, -0.2) is 8.42 Å². The van der Waals surface area contributed by atoms with Crippen molar-refractivity contribution in [2.24, 2.45) is 0 Å². The van der Waals surface area contributed by atoms with Gasteiger partial charge in [0.05, 0.1) is 17.7 Å². The van der Waals surface area contributed by atoms with Gasteiger partial charge in [0.15, 0.2) is 0 Å². The Morgan fingerprint density at radius 2 is 1.71 bits per heavy atom. The van der Waals surface area contributed by atoms with Crippen LogP contribution in [-0.4, -0.2) is 51.9 Å². The molecule has 1 N–H and O–H groups in total. The third-order valence-corrected chi connectivity index (χ3v) is 7.99. The van der Waals surface area contributed by atoms with Crippen molar-refractivity contribution in [2.45, 2.75) is 11.8 Å². The van der Waals surface area contributed by atoms with Crippen molar-refractivity contribution < 1.29 is 17.9 Å².